The molecule has 0 radical (unpaired) electrons. The number of carbonyl (C=O) groups excluding carboxylic acids is 3. The first-order valence-electron chi connectivity index (χ1n) is 14.3. The Bertz CT molecular complexity index is 1440. The molecule has 3 fully saturated rings. The van der Waals surface area contributed by atoms with E-state index in [1.807, 2.05) is 0 Å². The average molecular weight is 633 g/mol. The van der Waals surface area contributed by atoms with E-state index in [0.717, 1.165) is 37.2 Å². The van der Waals surface area contributed by atoms with E-state index >= 15 is 0 Å². The molecule has 2 aromatic carbocycles. The van der Waals surface area contributed by atoms with Gasteiger partial charge in [-0.25, -0.2) is 4.79 Å². The Kier molecular flexibility index (Phi) is 10.2. The third-order valence-electron chi connectivity index (χ3n) is 8.52. The number of likely N-dealkylation sites (N-methyl/N-ethyl adjacent to an activating group) is 1. The summed E-state index contributed by atoms with van der Waals surface area (Å²) in [6.07, 6.45) is -4.63. The van der Waals surface area contributed by atoms with Crippen LogP contribution in [0.3, 0.4) is 0 Å². The molecule has 3 saturated heterocycles. The van der Waals surface area contributed by atoms with Gasteiger partial charge < -0.3 is 28.8 Å². The summed E-state index contributed by atoms with van der Waals surface area (Å²) in [5.74, 6) is -1.59. The molecule has 15 heteroatoms. The number of hydrazine groups is 1. The van der Waals surface area contributed by atoms with Crippen molar-refractivity contribution in [3.63, 3.8) is 0 Å². The number of fused-ring (bicyclic) bond motifs is 1. The van der Waals surface area contributed by atoms with Gasteiger partial charge in [0.05, 0.1) is 57.2 Å². The second-order valence-electron chi connectivity index (χ2n) is 11.4. The molecule has 5 rings (SSSR count). The molecule has 0 aromatic heterocycles. The van der Waals surface area contributed by atoms with Crippen molar-refractivity contribution in [2.45, 2.75) is 44.4 Å². The first-order valence-corrected chi connectivity index (χ1v) is 14.3. The van der Waals surface area contributed by atoms with Crippen LogP contribution in [0.1, 0.15) is 41.6 Å². The summed E-state index contributed by atoms with van der Waals surface area (Å²) in [7, 11) is 3.36. The fourth-order valence-electron chi connectivity index (χ4n) is 6.43. The number of rotatable bonds is 5. The fraction of sp³-hybridized carbons (Fsp3) is 0.467. The number of nitrogens with zero attached hydrogens (tertiary/aromatic N) is 4. The van der Waals surface area contributed by atoms with Gasteiger partial charge in [0.2, 0.25) is 0 Å². The second-order valence-corrected chi connectivity index (χ2v) is 11.4. The molecule has 12 nitrogen and oxygen atoms in total. The highest BCUT2D eigenvalue weighted by atomic mass is 19.4. The molecule has 0 bridgehead atoms. The minimum Gasteiger partial charge on any atom is -0.554 e. The number of carboxylic acid groups (broad SMARTS) is 1. The van der Waals surface area contributed by atoms with Gasteiger partial charge >= 0.3 is 18.2 Å². The van der Waals surface area contributed by atoms with Crippen molar-refractivity contribution in [3.8, 4) is 6.07 Å². The fourth-order valence-corrected chi connectivity index (χ4v) is 6.43. The normalized spacial score (nSPS) is 26.4. The van der Waals surface area contributed by atoms with Gasteiger partial charge in [0, 0.05) is 30.2 Å². The summed E-state index contributed by atoms with van der Waals surface area (Å²) in [6.45, 7) is 4.60. The standard InChI is InChI=1S/C29H33F3N6O4.CH2O2/c1-18-24(26(39)41-3)25(23-9-8-19(16-33)14-20(23)17-38(2)10-5-12-42-13-11-38)37-27(34-35-28(37)40)36(18)22-7-4-6-21(15-22)29(30,31)32;2-1-3/h4,6-9,14-15,18,24-25,27,34H,5,10-13,17H2,1-3H3;1H,(H,2,3)/t18?,24?,25-,27?,38?;/m0./s1. The van der Waals surface area contributed by atoms with E-state index in [0.29, 0.717) is 35.4 Å². The molecule has 3 aliphatic rings. The minimum absolute atomic E-state index is 0.186. The van der Waals surface area contributed by atoms with Crippen molar-refractivity contribution in [2.24, 2.45) is 5.92 Å². The number of benzene rings is 2. The Morgan fingerprint density at radius 3 is 2.62 bits per heavy atom. The van der Waals surface area contributed by atoms with Crippen LogP contribution in [0.25, 0.3) is 0 Å². The number of nitrogens with one attached hydrogen (secondary N) is 2. The molecule has 3 heterocycles. The maximum Gasteiger partial charge on any atom is 0.416 e. The van der Waals surface area contributed by atoms with Gasteiger partial charge in [0.25, 0.3) is 0 Å². The summed E-state index contributed by atoms with van der Waals surface area (Å²) < 4.78 is 52.5. The number of methoxy groups -OCH3 is 1. The van der Waals surface area contributed by atoms with E-state index in [9.17, 15) is 28.0 Å². The Morgan fingerprint density at radius 2 is 1.96 bits per heavy atom. The number of hydrogen-bond acceptors (Lipinski definition) is 9. The molecule has 242 valence electrons. The number of alkyl halides is 3. The number of urea groups is 1. The highest BCUT2D eigenvalue weighted by Gasteiger charge is 2.55. The van der Waals surface area contributed by atoms with Crippen molar-refractivity contribution in [1.82, 2.24) is 15.8 Å². The molecule has 3 aliphatic heterocycles. The van der Waals surface area contributed by atoms with E-state index in [4.69, 9.17) is 19.4 Å². The summed E-state index contributed by atoms with van der Waals surface area (Å²) in [5.41, 5.74) is 6.76. The summed E-state index contributed by atoms with van der Waals surface area (Å²) in [4.78, 5) is 38.2. The van der Waals surface area contributed by atoms with Gasteiger partial charge in [-0.1, -0.05) is 12.1 Å². The monoisotopic (exact) mass is 632 g/mol. The Hall–Kier alpha value is -4.39. The molecule has 45 heavy (non-hydrogen) atoms. The molecule has 5 atom stereocenters. The second kappa shape index (κ2) is 13.7. The van der Waals surface area contributed by atoms with Crippen LogP contribution in [0, 0.1) is 17.2 Å². The number of ether oxygens (including phenoxy) is 2. The molecule has 4 unspecified atom stereocenters. The van der Waals surface area contributed by atoms with Crippen LogP contribution < -0.4 is 20.9 Å². The summed E-state index contributed by atoms with van der Waals surface area (Å²) in [5, 5.41) is 18.0. The first-order chi connectivity index (χ1) is 21.4. The molecule has 2 amide bonds. The van der Waals surface area contributed by atoms with E-state index < -0.39 is 54.5 Å². The third kappa shape index (κ3) is 6.98. The van der Waals surface area contributed by atoms with E-state index in [1.54, 1.807) is 30.0 Å². The smallest absolute Gasteiger partial charge is 0.416 e. The molecular formula is C30H35F3N6O6. The number of hydrogen-bond donors (Lipinski definition) is 2. The number of quaternary nitrogens is 1. The van der Waals surface area contributed by atoms with Gasteiger partial charge in [-0.3, -0.25) is 15.1 Å². The SMILES string of the molecule is COC(=O)C1C(C)N(c2cccc(C(F)(F)F)c2)C2NNC(=O)N2[C@H]1c1ccc(C#N)cc1C[N+]1(C)CCCOCC1.O=C[O-]. The largest absolute Gasteiger partial charge is 0.554 e. The van der Waals surface area contributed by atoms with Crippen molar-refractivity contribution in [2.75, 3.05) is 45.4 Å². The lowest BCUT2D eigenvalue weighted by molar-refractivity contribution is -0.921. The minimum atomic E-state index is -4.58. The van der Waals surface area contributed by atoms with Crippen LogP contribution in [0.4, 0.5) is 23.7 Å². The number of esters is 1. The predicted octanol–water partition coefficient (Wildman–Crippen LogP) is 1.86. The van der Waals surface area contributed by atoms with Crippen LogP contribution in [0.5, 0.6) is 0 Å². The van der Waals surface area contributed by atoms with Gasteiger partial charge in [0.15, 0.2) is 6.29 Å². The van der Waals surface area contributed by atoms with Crippen molar-refractivity contribution in [3.05, 3.63) is 64.7 Å². The zero-order valence-corrected chi connectivity index (χ0v) is 25.0. The maximum absolute atomic E-state index is 13.6. The quantitative estimate of drug-likeness (QED) is 0.287. The first kappa shape index (κ1) is 33.5. The molecule has 0 saturated carbocycles. The van der Waals surface area contributed by atoms with E-state index in [2.05, 4.69) is 24.0 Å². The van der Waals surface area contributed by atoms with Crippen molar-refractivity contribution >= 4 is 24.2 Å². The van der Waals surface area contributed by atoms with Crippen LogP contribution >= 0.6 is 0 Å². The van der Waals surface area contributed by atoms with Gasteiger partial charge in [-0.15, -0.1) is 0 Å². The molecule has 0 aliphatic carbocycles. The predicted molar refractivity (Wildman–Crippen MR) is 151 cm³/mol. The zero-order chi connectivity index (χ0) is 32.9. The number of amides is 2. The number of nitriles is 1. The van der Waals surface area contributed by atoms with Gasteiger partial charge in [-0.05, 0) is 42.8 Å². The van der Waals surface area contributed by atoms with Gasteiger partial charge in [0.1, 0.15) is 19.0 Å². The zero-order valence-electron chi connectivity index (χ0n) is 25.0. The lowest BCUT2D eigenvalue weighted by Gasteiger charge is -2.52. The van der Waals surface area contributed by atoms with Gasteiger partial charge in [-0.2, -0.15) is 23.9 Å². The van der Waals surface area contributed by atoms with Crippen molar-refractivity contribution in [1.29, 1.82) is 5.26 Å². The Labute approximate surface area is 258 Å². The van der Waals surface area contributed by atoms with E-state index in [-0.39, 0.29) is 5.69 Å². The topological polar surface area (TPSA) is 147 Å². The highest BCUT2D eigenvalue weighted by molar-refractivity contribution is 5.82. The summed E-state index contributed by atoms with van der Waals surface area (Å²) >= 11 is 0. The molecular weight excluding hydrogens is 597 g/mol. The Morgan fingerprint density at radius 1 is 1.22 bits per heavy atom. The van der Waals surface area contributed by atoms with Crippen molar-refractivity contribution < 1.29 is 46.6 Å². The average Bonchev–Trinajstić information content (AvgIpc) is 3.24. The van der Waals surface area contributed by atoms with Crippen LogP contribution in [-0.4, -0.2) is 80.6 Å². The molecule has 2 N–H and O–H groups in total. The third-order valence-corrected chi connectivity index (χ3v) is 8.52. The maximum atomic E-state index is 13.6. The number of halogens is 3. The molecule has 2 aromatic rings. The lowest BCUT2D eigenvalue weighted by Crippen LogP contribution is -2.65. The Balaban J connectivity index is 0.00000148. The van der Waals surface area contributed by atoms with Crippen LogP contribution in [0.2, 0.25) is 0 Å². The van der Waals surface area contributed by atoms with Crippen LogP contribution in [-0.2, 0) is 31.8 Å². The number of carbonyl (C=O) groups is 3. The summed E-state index contributed by atoms with van der Waals surface area (Å²) in [6, 6.07) is 10.1. The lowest BCUT2D eigenvalue weighted by atomic mass is 9.81. The molecule has 0 spiro atoms. The highest BCUT2D eigenvalue weighted by Crippen LogP contribution is 2.45. The number of anilines is 1. The van der Waals surface area contributed by atoms with Crippen LogP contribution in [0.15, 0.2) is 42.5 Å². The van der Waals surface area contributed by atoms with E-state index in [1.165, 1.54) is 24.1 Å².